The summed E-state index contributed by atoms with van der Waals surface area (Å²) in [6.07, 6.45) is 0. The highest BCUT2D eigenvalue weighted by Gasteiger charge is 2.18. The molecule has 0 saturated carbocycles. The van der Waals surface area contributed by atoms with Crippen LogP contribution in [0.4, 0.5) is 0 Å². The van der Waals surface area contributed by atoms with Crippen LogP contribution >= 0.6 is 0 Å². The second-order valence-electron chi connectivity index (χ2n) is 3.41. The van der Waals surface area contributed by atoms with Gasteiger partial charge in [-0.25, -0.2) is 10.0 Å². The quantitative estimate of drug-likeness (QED) is 0.474. The van der Waals surface area contributed by atoms with Crippen LogP contribution < -0.4 is 10.6 Å². The second kappa shape index (κ2) is 4.18. The van der Waals surface area contributed by atoms with Crippen molar-refractivity contribution in [2.75, 3.05) is 52.4 Å². The van der Waals surface area contributed by atoms with Crippen molar-refractivity contribution in [3.05, 3.63) is 0 Å². The van der Waals surface area contributed by atoms with E-state index < -0.39 is 0 Å². The van der Waals surface area contributed by atoms with Gasteiger partial charge in [0.1, 0.15) is 0 Å². The van der Waals surface area contributed by atoms with Gasteiger partial charge in [0.2, 0.25) is 0 Å². The van der Waals surface area contributed by atoms with Crippen LogP contribution in [0.15, 0.2) is 0 Å². The summed E-state index contributed by atoms with van der Waals surface area (Å²) in [5.41, 5.74) is 0. The molecule has 0 bridgehead atoms. The van der Waals surface area contributed by atoms with Gasteiger partial charge in [0.25, 0.3) is 0 Å². The van der Waals surface area contributed by atoms with E-state index in [4.69, 9.17) is 0 Å². The third-order valence-corrected chi connectivity index (χ3v) is 2.59. The molecule has 4 nitrogen and oxygen atoms in total. The van der Waals surface area contributed by atoms with Crippen LogP contribution in [0, 0.1) is 0 Å². The smallest absolute Gasteiger partial charge is 0.0259 e. The van der Waals surface area contributed by atoms with Crippen LogP contribution in [0.5, 0.6) is 0 Å². The standard InChI is InChI=1S/C8H18N4/c1-5-11-7-3-10-4-8-12(11)6-2-9-1/h9-10H,1-8H2. The Morgan fingerprint density at radius 2 is 0.917 bits per heavy atom. The predicted molar refractivity (Wildman–Crippen MR) is 48.9 cm³/mol. The highest BCUT2D eigenvalue weighted by Crippen LogP contribution is 2.01. The number of nitrogens with zero attached hydrogens (tertiary/aromatic N) is 2. The molecule has 0 aromatic heterocycles. The van der Waals surface area contributed by atoms with Crippen molar-refractivity contribution < 1.29 is 0 Å². The zero-order valence-electron chi connectivity index (χ0n) is 7.55. The van der Waals surface area contributed by atoms with E-state index in [1.807, 2.05) is 0 Å². The summed E-state index contributed by atoms with van der Waals surface area (Å²) in [6.45, 7) is 9.21. The Morgan fingerprint density at radius 3 is 1.25 bits per heavy atom. The van der Waals surface area contributed by atoms with Gasteiger partial charge in [0.15, 0.2) is 0 Å². The molecule has 0 unspecified atom stereocenters. The largest absolute Gasteiger partial charge is 0.314 e. The molecule has 2 fully saturated rings. The highest BCUT2D eigenvalue weighted by molar-refractivity contribution is 4.71. The number of fused-ring (bicyclic) bond motifs is 1. The minimum absolute atomic E-state index is 1.14. The third kappa shape index (κ3) is 1.95. The van der Waals surface area contributed by atoms with Crippen LogP contribution in [0.3, 0.4) is 0 Å². The Morgan fingerprint density at radius 1 is 0.583 bits per heavy atom. The molecule has 0 aliphatic carbocycles. The molecular weight excluding hydrogens is 152 g/mol. The predicted octanol–water partition coefficient (Wildman–Crippen LogP) is -1.29. The number of rotatable bonds is 0. The number of hydrogen-bond acceptors (Lipinski definition) is 4. The maximum Gasteiger partial charge on any atom is 0.0259 e. The van der Waals surface area contributed by atoms with Crippen molar-refractivity contribution in [2.24, 2.45) is 0 Å². The van der Waals surface area contributed by atoms with Gasteiger partial charge >= 0.3 is 0 Å². The molecule has 0 amide bonds. The summed E-state index contributed by atoms with van der Waals surface area (Å²) in [4.78, 5) is 0. The third-order valence-electron chi connectivity index (χ3n) is 2.59. The monoisotopic (exact) mass is 170 g/mol. The van der Waals surface area contributed by atoms with E-state index in [1.165, 1.54) is 26.2 Å². The molecule has 70 valence electrons. The molecule has 2 aliphatic heterocycles. The fourth-order valence-electron chi connectivity index (χ4n) is 1.87. The second-order valence-corrected chi connectivity index (χ2v) is 3.41. The first-order chi connectivity index (χ1) is 5.97. The lowest BCUT2D eigenvalue weighted by Crippen LogP contribution is -2.44. The fraction of sp³-hybridized carbons (Fsp3) is 1.00. The van der Waals surface area contributed by atoms with Crippen molar-refractivity contribution in [3.8, 4) is 0 Å². The molecule has 2 heterocycles. The van der Waals surface area contributed by atoms with Crippen LogP contribution in [-0.2, 0) is 0 Å². The summed E-state index contributed by atoms with van der Waals surface area (Å²) < 4.78 is 0. The highest BCUT2D eigenvalue weighted by atomic mass is 15.6. The van der Waals surface area contributed by atoms with Gasteiger partial charge in [-0.3, -0.25) is 0 Å². The summed E-state index contributed by atoms with van der Waals surface area (Å²) in [6, 6.07) is 0. The first kappa shape index (κ1) is 8.44. The molecule has 0 spiro atoms. The molecule has 2 rings (SSSR count). The molecule has 2 saturated heterocycles. The van der Waals surface area contributed by atoms with E-state index in [0.717, 1.165) is 26.2 Å². The summed E-state index contributed by atoms with van der Waals surface area (Å²) >= 11 is 0. The van der Waals surface area contributed by atoms with Crippen molar-refractivity contribution in [1.82, 2.24) is 20.7 Å². The van der Waals surface area contributed by atoms with Gasteiger partial charge in [-0.2, -0.15) is 0 Å². The van der Waals surface area contributed by atoms with E-state index in [2.05, 4.69) is 20.7 Å². The Hall–Kier alpha value is -0.160. The van der Waals surface area contributed by atoms with Gasteiger partial charge in [-0.05, 0) is 0 Å². The van der Waals surface area contributed by atoms with Gasteiger partial charge in [-0.1, -0.05) is 0 Å². The van der Waals surface area contributed by atoms with Gasteiger partial charge in [0.05, 0.1) is 0 Å². The fourth-order valence-corrected chi connectivity index (χ4v) is 1.87. The average Bonchev–Trinajstić information content (AvgIpc) is 2.38. The summed E-state index contributed by atoms with van der Waals surface area (Å²) in [5, 5.41) is 11.8. The van der Waals surface area contributed by atoms with E-state index in [1.54, 1.807) is 0 Å². The summed E-state index contributed by atoms with van der Waals surface area (Å²) in [5.74, 6) is 0. The Kier molecular flexibility index (Phi) is 2.94. The topological polar surface area (TPSA) is 30.5 Å². The lowest BCUT2D eigenvalue weighted by Gasteiger charge is -2.30. The zero-order valence-corrected chi connectivity index (χ0v) is 7.55. The number of hydrazine groups is 1. The van der Waals surface area contributed by atoms with Crippen molar-refractivity contribution in [2.45, 2.75) is 0 Å². The van der Waals surface area contributed by atoms with Crippen LogP contribution in [0.2, 0.25) is 0 Å². The SMILES string of the molecule is C1CN2CCNCCN2CCN1. The van der Waals surface area contributed by atoms with Crippen LogP contribution in [-0.4, -0.2) is 62.4 Å². The normalized spacial score (nSPS) is 29.0. The molecule has 2 N–H and O–H groups in total. The molecule has 0 aromatic carbocycles. The van der Waals surface area contributed by atoms with Gasteiger partial charge in [0, 0.05) is 52.4 Å². The van der Waals surface area contributed by atoms with E-state index >= 15 is 0 Å². The lowest BCUT2D eigenvalue weighted by molar-refractivity contribution is 0.00260. The van der Waals surface area contributed by atoms with Crippen LogP contribution in [0.1, 0.15) is 0 Å². The molecule has 4 heteroatoms. The van der Waals surface area contributed by atoms with Gasteiger partial charge < -0.3 is 10.6 Å². The molecule has 12 heavy (non-hydrogen) atoms. The maximum atomic E-state index is 3.42. The van der Waals surface area contributed by atoms with Crippen molar-refractivity contribution >= 4 is 0 Å². The maximum absolute atomic E-state index is 3.42. The Labute approximate surface area is 73.9 Å². The number of hydrogen-bond donors (Lipinski definition) is 2. The molecule has 2 aliphatic rings. The molecule has 0 radical (unpaired) electrons. The molecule has 0 atom stereocenters. The first-order valence-corrected chi connectivity index (χ1v) is 4.88. The van der Waals surface area contributed by atoms with E-state index in [0.29, 0.717) is 0 Å². The molecule has 0 aromatic rings. The van der Waals surface area contributed by atoms with Crippen molar-refractivity contribution in [3.63, 3.8) is 0 Å². The average molecular weight is 170 g/mol. The van der Waals surface area contributed by atoms with Crippen molar-refractivity contribution in [1.29, 1.82) is 0 Å². The number of nitrogens with one attached hydrogen (secondary N) is 2. The van der Waals surface area contributed by atoms with E-state index in [9.17, 15) is 0 Å². The molecular formula is C8H18N4. The minimum atomic E-state index is 1.14. The minimum Gasteiger partial charge on any atom is -0.314 e. The Bertz CT molecular complexity index is 111. The van der Waals surface area contributed by atoms with Gasteiger partial charge in [-0.15, -0.1) is 0 Å². The Balaban J connectivity index is 1.94. The summed E-state index contributed by atoms with van der Waals surface area (Å²) in [7, 11) is 0. The first-order valence-electron chi connectivity index (χ1n) is 4.88. The van der Waals surface area contributed by atoms with Crippen LogP contribution in [0.25, 0.3) is 0 Å². The lowest BCUT2D eigenvalue weighted by atomic mass is 10.5. The van der Waals surface area contributed by atoms with E-state index in [-0.39, 0.29) is 0 Å². The zero-order chi connectivity index (χ0) is 8.23.